The summed E-state index contributed by atoms with van der Waals surface area (Å²) >= 11 is 0. The van der Waals surface area contributed by atoms with E-state index in [4.69, 9.17) is 0 Å². The van der Waals surface area contributed by atoms with E-state index in [2.05, 4.69) is 23.9 Å². The predicted molar refractivity (Wildman–Crippen MR) is 78.7 cm³/mol. The van der Waals surface area contributed by atoms with Crippen molar-refractivity contribution in [2.45, 2.75) is 58.5 Å². The van der Waals surface area contributed by atoms with Crippen LogP contribution in [0.4, 0.5) is 0 Å². The van der Waals surface area contributed by atoms with Crippen molar-refractivity contribution in [3.05, 3.63) is 0 Å². The summed E-state index contributed by atoms with van der Waals surface area (Å²) in [6.45, 7) is 7.14. The fourth-order valence-corrected chi connectivity index (χ4v) is 4.29. The number of piperidine rings is 1. The van der Waals surface area contributed by atoms with Crippen LogP contribution in [0.15, 0.2) is 0 Å². The molecule has 18 heavy (non-hydrogen) atoms. The van der Waals surface area contributed by atoms with Crippen molar-refractivity contribution < 1.29 is 8.42 Å². The van der Waals surface area contributed by atoms with Gasteiger partial charge in [-0.2, -0.15) is 0 Å². The molecule has 2 atom stereocenters. The Labute approximate surface area is 118 Å². The number of nitrogens with one attached hydrogen (secondary N) is 2. The molecular weight excluding hydrogens is 272 g/mol. The zero-order valence-corrected chi connectivity index (χ0v) is 13.2. The van der Waals surface area contributed by atoms with Crippen LogP contribution in [0.25, 0.3) is 0 Å². The summed E-state index contributed by atoms with van der Waals surface area (Å²) in [5, 5.41) is 3.31. The first-order valence-corrected chi connectivity index (χ1v) is 8.37. The molecule has 1 fully saturated rings. The lowest BCUT2D eigenvalue weighted by atomic mass is 10.0. The van der Waals surface area contributed by atoms with Gasteiger partial charge in [-0.1, -0.05) is 26.7 Å². The first kappa shape index (κ1) is 18.2. The van der Waals surface area contributed by atoms with Crippen molar-refractivity contribution in [1.29, 1.82) is 0 Å². The summed E-state index contributed by atoms with van der Waals surface area (Å²) in [5.41, 5.74) is 0. The van der Waals surface area contributed by atoms with Gasteiger partial charge in [-0.25, -0.2) is 13.1 Å². The molecule has 1 aliphatic heterocycles. The summed E-state index contributed by atoms with van der Waals surface area (Å²) in [6, 6.07) is 0.295. The molecule has 6 heteroatoms. The Morgan fingerprint density at radius 3 is 2.44 bits per heavy atom. The second-order valence-electron chi connectivity index (χ2n) is 5.07. The summed E-state index contributed by atoms with van der Waals surface area (Å²) in [4.78, 5) is 0. The Bertz CT molecular complexity index is 318. The molecule has 1 saturated heterocycles. The average Bonchev–Trinajstić information content (AvgIpc) is 2.29. The normalized spacial score (nSPS) is 24.9. The Hall–Kier alpha value is 0.160. The number of halogens is 1. The highest BCUT2D eigenvalue weighted by Crippen LogP contribution is 2.13. The van der Waals surface area contributed by atoms with Gasteiger partial charge in [0.1, 0.15) is 0 Å². The molecule has 0 aromatic carbocycles. The van der Waals surface area contributed by atoms with Crippen molar-refractivity contribution >= 4 is 22.4 Å². The molecule has 0 amide bonds. The van der Waals surface area contributed by atoms with E-state index in [1.54, 1.807) is 0 Å². The SMILES string of the molecule is CCC(CC)CS(=O)(=O)NC1CCCNC1C.Cl. The molecule has 0 aromatic heterocycles. The zero-order valence-electron chi connectivity index (χ0n) is 11.6. The van der Waals surface area contributed by atoms with Gasteiger partial charge in [0.15, 0.2) is 0 Å². The van der Waals surface area contributed by atoms with Gasteiger partial charge in [-0.3, -0.25) is 0 Å². The summed E-state index contributed by atoms with van der Waals surface area (Å²) in [7, 11) is -3.13. The monoisotopic (exact) mass is 298 g/mol. The topological polar surface area (TPSA) is 58.2 Å². The van der Waals surface area contributed by atoms with E-state index >= 15 is 0 Å². The van der Waals surface area contributed by atoms with Gasteiger partial charge in [0.05, 0.1) is 5.75 Å². The standard InChI is InChI=1S/C12H26N2O2S.ClH/c1-4-11(5-2)9-17(15,16)14-12-7-6-8-13-10(12)3;/h10-14H,4-9H2,1-3H3;1H. The Kier molecular flexibility index (Phi) is 8.43. The van der Waals surface area contributed by atoms with E-state index in [0.717, 1.165) is 32.2 Å². The Balaban J connectivity index is 0.00000289. The van der Waals surface area contributed by atoms with Gasteiger partial charge in [-0.15, -0.1) is 12.4 Å². The minimum Gasteiger partial charge on any atom is -0.313 e. The van der Waals surface area contributed by atoms with Crippen LogP contribution in [0.3, 0.4) is 0 Å². The third kappa shape index (κ3) is 5.87. The maximum absolute atomic E-state index is 12.0. The van der Waals surface area contributed by atoms with Gasteiger partial charge in [0.25, 0.3) is 0 Å². The van der Waals surface area contributed by atoms with Crippen molar-refractivity contribution in [2.24, 2.45) is 5.92 Å². The van der Waals surface area contributed by atoms with Crippen LogP contribution in [0, 0.1) is 5.92 Å². The Morgan fingerprint density at radius 2 is 1.94 bits per heavy atom. The van der Waals surface area contributed by atoms with Crippen molar-refractivity contribution in [3.8, 4) is 0 Å². The van der Waals surface area contributed by atoms with Crippen molar-refractivity contribution in [2.75, 3.05) is 12.3 Å². The molecule has 110 valence electrons. The molecular formula is C12H27ClN2O2S. The van der Waals surface area contributed by atoms with E-state index in [0.29, 0.717) is 0 Å². The molecule has 0 aromatic rings. The lowest BCUT2D eigenvalue weighted by molar-refractivity contribution is 0.347. The van der Waals surface area contributed by atoms with Crippen LogP contribution in [0.1, 0.15) is 46.5 Å². The van der Waals surface area contributed by atoms with E-state index in [1.165, 1.54) is 0 Å². The largest absolute Gasteiger partial charge is 0.313 e. The van der Waals surface area contributed by atoms with E-state index < -0.39 is 10.0 Å². The molecule has 0 saturated carbocycles. The molecule has 1 aliphatic rings. The highest BCUT2D eigenvalue weighted by Gasteiger charge is 2.26. The second kappa shape index (κ2) is 8.35. The first-order valence-electron chi connectivity index (χ1n) is 6.71. The van der Waals surface area contributed by atoms with E-state index in [-0.39, 0.29) is 36.2 Å². The third-order valence-corrected chi connectivity index (χ3v) is 5.27. The quantitative estimate of drug-likeness (QED) is 0.787. The molecule has 0 radical (unpaired) electrons. The fourth-order valence-electron chi connectivity index (χ4n) is 2.32. The molecule has 1 rings (SSSR count). The lowest BCUT2D eigenvalue weighted by Gasteiger charge is -2.30. The van der Waals surface area contributed by atoms with Crippen molar-refractivity contribution in [3.63, 3.8) is 0 Å². The van der Waals surface area contributed by atoms with Crippen LogP contribution >= 0.6 is 12.4 Å². The number of rotatable bonds is 6. The van der Waals surface area contributed by atoms with Gasteiger partial charge >= 0.3 is 0 Å². The van der Waals surface area contributed by atoms with Gasteiger partial charge < -0.3 is 5.32 Å². The maximum Gasteiger partial charge on any atom is 0.212 e. The molecule has 0 aliphatic carbocycles. The zero-order chi connectivity index (χ0) is 12.9. The van der Waals surface area contributed by atoms with E-state index in [1.807, 2.05) is 6.92 Å². The van der Waals surface area contributed by atoms with Crippen LogP contribution < -0.4 is 10.0 Å². The Morgan fingerprint density at radius 1 is 1.33 bits per heavy atom. The van der Waals surface area contributed by atoms with E-state index in [9.17, 15) is 8.42 Å². The molecule has 4 nitrogen and oxygen atoms in total. The molecule has 2 unspecified atom stereocenters. The van der Waals surface area contributed by atoms with Gasteiger partial charge in [-0.05, 0) is 32.2 Å². The maximum atomic E-state index is 12.0. The van der Waals surface area contributed by atoms with Crippen LogP contribution in [-0.4, -0.2) is 32.8 Å². The first-order chi connectivity index (χ1) is 7.98. The van der Waals surface area contributed by atoms with Gasteiger partial charge in [0, 0.05) is 12.1 Å². The highest BCUT2D eigenvalue weighted by molar-refractivity contribution is 7.89. The lowest BCUT2D eigenvalue weighted by Crippen LogP contribution is -2.52. The third-order valence-electron chi connectivity index (χ3n) is 3.70. The average molecular weight is 299 g/mol. The van der Waals surface area contributed by atoms with Gasteiger partial charge in [0.2, 0.25) is 10.0 Å². The second-order valence-corrected chi connectivity index (χ2v) is 6.87. The molecule has 1 heterocycles. The summed E-state index contributed by atoms with van der Waals surface area (Å²) in [5.74, 6) is 0.544. The molecule has 0 spiro atoms. The van der Waals surface area contributed by atoms with Crippen LogP contribution in [0.2, 0.25) is 0 Å². The fraction of sp³-hybridized carbons (Fsp3) is 1.00. The smallest absolute Gasteiger partial charge is 0.212 e. The summed E-state index contributed by atoms with van der Waals surface area (Å²) < 4.78 is 26.9. The van der Waals surface area contributed by atoms with Crippen molar-refractivity contribution in [1.82, 2.24) is 10.0 Å². The van der Waals surface area contributed by atoms with Crippen LogP contribution in [-0.2, 0) is 10.0 Å². The number of hydrogen-bond donors (Lipinski definition) is 2. The minimum absolute atomic E-state index is 0. The molecule has 2 N–H and O–H groups in total. The number of hydrogen-bond acceptors (Lipinski definition) is 3. The minimum atomic E-state index is -3.13. The predicted octanol–water partition coefficient (Wildman–Crippen LogP) is 1.90. The highest BCUT2D eigenvalue weighted by atomic mass is 35.5. The molecule has 0 bridgehead atoms. The van der Waals surface area contributed by atoms with Crippen LogP contribution in [0.5, 0.6) is 0 Å². The summed E-state index contributed by atoms with van der Waals surface area (Å²) in [6.07, 6.45) is 3.84. The number of sulfonamides is 1.